The van der Waals surface area contributed by atoms with E-state index in [1.54, 1.807) is 0 Å². The standard InChI is InChI=1S/C49H26N6O23/c56-17-1-2-22(5-18(57)3-17)72-39-28(51-66)11-26(12-29(39)52-67)71-24-8-21(60)9-25(10-24)74-43-34(62)15-32(55-70)42-48(43)76-41-31(54-69)14-33(61)38(47(41)75-42)37-27(50-65)13-30(53-68)40-46(37)78-45-36(64)16-35(63)44(49(45)77-40)73-23-6-19(58)4-20(59)7-23/h1-16,22,56-64H. The number of fused-ring (bicyclic) bond motifs is 4. The molecule has 9 N–H and O–H groups in total. The molecule has 1 aliphatic carbocycles. The van der Waals surface area contributed by atoms with E-state index in [0.717, 1.165) is 72.8 Å². The van der Waals surface area contributed by atoms with Crippen molar-refractivity contribution in [2.75, 3.05) is 0 Å². The van der Waals surface area contributed by atoms with Gasteiger partial charge >= 0.3 is 0 Å². The van der Waals surface area contributed by atoms with Gasteiger partial charge in [0.2, 0.25) is 34.5 Å². The number of nitroso groups, excluding NO2 is 6. The molecular weight excluding hydrogens is 1040 g/mol. The van der Waals surface area contributed by atoms with Crippen molar-refractivity contribution in [1.29, 1.82) is 0 Å². The summed E-state index contributed by atoms with van der Waals surface area (Å²) >= 11 is 0. The molecule has 0 amide bonds. The van der Waals surface area contributed by atoms with Crippen molar-refractivity contribution in [1.82, 2.24) is 0 Å². The first kappa shape index (κ1) is 49.5. The Morgan fingerprint density at radius 2 is 0.808 bits per heavy atom. The molecule has 7 aromatic rings. The minimum absolute atomic E-state index is 0.277. The fourth-order valence-electron chi connectivity index (χ4n) is 7.99. The van der Waals surface area contributed by atoms with Gasteiger partial charge in [0.05, 0.1) is 11.1 Å². The fraction of sp³-hybridized carbons (Fsp3) is 0.0204. The van der Waals surface area contributed by atoms with Gasteiger partial charge in [-0.05, 0) is 43.2 Å². The summed E-state index contributed by atoms with van der Waals surface area (Å²) in [6.45, 7) is 0. The lowest BCUT2D eigenvalue weighted by Crippen LogP contribution is -2.11. The molecule has 29 heteroatoms. The number of hydrogen-bond acceptors (Lipinski definition) is 29. The normalized spacial score (nSPS) is 13.5. The molecule has 29 nitrogen and oxygen atoms in total. The molecule has 1 unspecified atom stereocenters. The molecule has 2 aliphatic heterocycles. The zero-order valence-electron chi connectivity index (χ0n) is 38.2. The first-order chi connectivity index (χ1) is 37.5. The molecular formula is C49H26N6O23. The van der Waals surface area contributed by atoms with E-state index in [4.69, 9.17) is 37.9 Å². The Balaban J connectivity index is 1.03. The van der Waals surface area contributed by atoms with Crippen LogP contribution in [0.2, 0.25) is 0 Å². The summed E-state index contributed by atoms with van der Waals surface area (Å²) in [5.41, 5.74) is -5.34. The largest absolute Gasteiger partial charge is 0.508 e. The number of benzene rings is 7. The highest BCUT2D eigenvalue weighted by Crippen LogP contribution is 2.68. The van der Waals surface area contributed by atoms with Gasteiger partial charge in [0.25, 0.3) is 0 Å². The van der Waals surface area contributed by atoms with Crippen molar-refractivity contribution in [2.24, 2.45) is 31.1 Å². The minimum Gasteiger partial charge on any atom is -0.508 e. The van der Waals surface area contributed by atoms with Crippen LogP contribution in [0.5, 0.6) is 126 Å². The second-order valence-corrected chi connectivity index (χ2v) is 16.2. The number of aromatic hydroxyl groups is 7. The SMILES string of the molecule is O=Nc1cc(Oc2cc(O)cc(Oc3c(O)cc(N=O)c4c3Oc3c(N=O)cc(O)c(-c5c(N=O)cc(N=O)c6c5Oc5c(O)cc(O)c(Oc7cc(O)cc(O)c7)c5O6)c3O4)c2)cc(N=O)c1OC1C=CC(O)=CC(O)=C1. The number of allylic oxidation sites excluding steroid dienone is 2. The van der Waals surface area contributed by atoms with Gasteiger partial charge in [0.15, 0.2) is 74.4 Å². The van der Waals surface area contributed by atoms with E-state index in [2.05, 4.69) is 31.1 Å². The number of phenols is 7. The Kier molecular flexibility index (Phi) is 12.3. The highest BCUT2D eigenvalue weighted by molar-refractivity contribution is 5.98. The van der Waals surface area contributed by atoms with Gasteiger partial charge in [-0.1, -0.05) is 0 Å². The molecule has 0 bridgehead atoms. The van der Waals surface area contributed by atoms with E-state index in [1.807, 2.05) is 0 Å². The third-order valence-corrected chi connectivity index (χ3v) is 11.1. The predicted octanol–water partition coefficient (Wildman–Crippen LogP) is 14.1. The number of phenolic OH excluding ortho intramolecular Hbond substituents is 7. The summed E-state index contributed by atoms with van der Waals surface area (Å²) < 4.78 is 47.3. The van der Waals surface area contributed by atoms with Crippen LogP contribution in [0, 0.1) is 29.4 Å². The summed E-state index contributed by atoms with van der Waals surface area (Å²) in [6.07, 6.45) is 3.47. The van der Waals surface area contributed by atoms with Crippen molar-refractivity contribution >= 4 is 34.1 Å². The third kappa shape index (κ3) is 8.88. The Bertz CT molecular complexity index is 3860. The van der Waals surface area contributed by atoms with Crippen LogP contribution in [0.3, 0.4) is 0 Å². The second kappa shape index (κ2) is 19.4. The molecule has 10 rings (SSSR count). The fourth-order valence-corrected chi connectivity index (χ4v) is 7.99. The van der Waals surface area contributed by atoms with Crippen LogP contribution in [0.25, 0.3) is 11.1 Å². The Labute approximate surface area is 429 Å². The van der Waals surface area contributed by atoms with Crippen LogP contribution in [0.1, 0.15) is 0 Å². The second-order valence-electron chi connectivity index (χ2n) is 16.2. The van der Waals surface area contributed by atoms with Gasteiger partial charge in [0.1, 0.15) is 69.3 Å². The lowest BCUT2D eigenvalue weighted by atomic mass is 9.97. The maximum atomic E-state index is 12.7. The van der Waals surface area contributed by atoms with E-state index in [9.17, 15) is 75.4 Å². The molecule has 0 spiro atoms. The van der Waals surface area contributed by atoms with Gasteiger partial charge in [-0.25, -0.2) is 0 Å². The van der Waals surface area contributed by atoms with Crippen molar-refractivity contribution in [3.8, 4) is 138 Å². The monoisotopic (exact) mass is 1070 g/mol. The van der Waals surface area contributed by atoms with E-state index >= 15 is 0 Å². The molecule has 0 saturated carbocycles. The number of aliphatic hydroxyl groups excluding tert-OH is 2. The van der Waals surface area contributed by atoms with Gasteiger partial charge in [-0.15, -0.1) is 29.4 Å². The molecule has 78 heavy (non-hydrogen) atoms. The summed E-state index contributed by atoms with van der Waals surface area (Å²) in [4.78, 5) is 73.8. The lowest BCUT2D eigenvalue weighted by molar-refractivity contribution is 0.291. The van der Waals surface area contributed by atoms with E-state index in [1.165, 1.54) is 12.2 Å². The zero-order chi connectivity index (χ0) is 55.3. The van der Waals surface area contributed by atoms with E-state index in [0.29, 0.717) is 12.1 Å². The number of aliphatic hydroxyl groups is 2. The van der Waals surface area contributed by atoms with Crippen molar-refractivity contribution in [3.63, 3.8) is 0 Å². The van der Waals surface area contributed by atoms with E-state index < -0.39 is 161 Å². The number of ether oxygens (including phenoxy) is 8. The average Bonchev–Trinajstić information content (AvgIpc) is 3.67. The maximum absolute atomic E-state index is 12.7. The topological polar surface area (TPSA) is 432 Å². The van der Waals surface area contributed by atoms with Crippen molar-refractivity contribution in [3.05, 3.63) is 138 Å². The van der Waals surface area contributed by atoms with Crippen LogP contribution in [0.15, 0.2) is 140 Å². The number of rotatable bonds is 15. The predicted molar refractivity (Wildman–Crippen MR) is 264 cm³/mol. The van der Waals surface area contributed by atoms with Crippen LogP contribution in [-0.2, 0) is 0 Å². The van der Waals surface area contributed by atoms with Crippen LogP contribution >= 0.6 is 0 Å². The van der Waals surface area contributed by atoms with Crippen LogP contribution in [0.4, 0.5) is 34.1 Å². The molecule has 1 atom stereocenters. The van der Waals surface area contributed by atoms with E-state index in [-0.39, 0.29) is 28.8 Å². The van der Waals surface area contributed by atoms with Gasteiger partial charge < -0.3 is 83.9 Å². The van der Waals surface area contributed by atoms with Gasteiger partial charge in [0, 0.05) is 84.9 Å². The smallest absolute Gasteiger partial charge is 0.220 e. The Morgan fingerprint density at radius 3 is 1.40 bits per heavy atom. The van der Waals surface area contributed by atoms with Gasteiger partial charge in [-0.2, -0.15) is 0 Å². The molecule has 0 fully saturated rings. The molecule has 0 radical (unpaired) electrons. The summed E-state index contributed by atoms with van der Waals surface area (Å²) in [6, 6.07) is 11.0. The molecule has 0 saturated heterocycles. The van der Waals surface area contributed by atoms with Crippen LogP contribution in [-0.4, -0.2) is 52.1 Å². The number of nitrogens with zero attached hydrogens (tertiary/aromatic N) is 6. The minimum atomic E-state index is -1.13. The maximum Gasteiger partial charge on any atom is 0.220 e. The van der Waals surface area contributed by atoms with Gasteiger partial charge in [-0.3, -0.25) is 0 Å². The quantitative estimate of drug-likeness (QED) is 0.0431. The summed E-state index contributed by atoms with van der Waals surface area (Å²) in [7, 11) is 0. The molecule has 0 aromatic heterocycles. The van der Waals surface area contributed by atoms with Crippen molar-refractivity contribution in [2.45, 2.75) is 6.10 Å². The molecule has 3 aliphatic rings. The molecule has 390 valence electrons. The highest BCUT2D eigenvalue weighted by atomic mass is 16.6. The average molecular weight is 1070 g/mol. The zero-order valence-corrected chi connectivity index (χ0v) is 38.2. The first-order valence-corrected chi connectivity index (χ1v) is 21.6. The summed E-state index contributed by atoms with van der Waals surface area (Å²) in [5, 5.41) is 113. The summed E-state index contributed by atoms with van der Waals surface area (Å²) in [5.74, 6) is -14.5. The van der Waals surface area contributed by atoms with Crippen LogP contribution < -0.4 is 37.9 Å². The first-order valence-electron chi connectivity index (χ1n) is 21.6. The Morgan fingerprint density at radius 1 is 0.359 bits per heavy atom. The lowest BCUT2D eigenvalue weighted by Gasteiger charge is -2.29. The highest BCUT2D eigenvalue weighted by Gasteiger charge is 2.41. The Hall–Kier alpha value is -12.0. The molecule has 7 aromatic carbocycles. The number of hydrogen-bond donors (Lipinski definition) is 9. The molecule has 2 heterocycles. The van der Waals surface area contributed by atoms with Crippen molar-refractivity contribution < 1.29 is 83.9 Å². The third-order valence-electron chi connectivity index (χ3n) is 11.1.